The molecule has 1 amide bonds. The molecular weight excluding hydrogens is 244 g/mol. The molecule has 0 bridgehead atoms. The lowest BCUT2D eigenvalue weighted by atomic mass is 9.89. The molecule has 1 saturated carbocycles. The molecule has 19 heavy (non-hydrogen) atoms. The van der Waals surface area contributed by atoms with E-state index in [4.69, 9.17) is 5.11 Å². The summed E-state index contributed by atoms with van der Waals surface area (Å²) in [6, 6.07) is 4.36. The minimum absolute atomic E-state index is 0.0426. The van der Waals surface area contributed by atoms with Gasteiger partial charge in [-0.25, -0.2) is 5.43 Å². The van der Waals surface area contributed by atoms with Crippen LogP contribution >= 0.6 is 0 Å². The first-order valence-corrected chi connectivity index (χ1v) is 6.52. The number of phenolic OH excluding ortho intramolecular Hbond substituents is 2. The third-order valence-corrected chi connectivity index (χ3v) is 3.36. The Bertz CT molecular complexity index is 480. The first-order valence-electron chi connectivity index (χ1n) is 6.52. The Kier molecular flexibility index (Phi) is 4.39. The maximum atomic E-state index is 11.8. The zero-order valence-corrected chi connectivity index (χ0v) is 10.7. The van der Waals surface area contributed by atoms with Crippen molar-refractivity contribution in [3.05, 3.63) is 23.8 Å². The predicted octanol–water partition coefficient (Wildman–Crippen LogP) is 2.13. The van der Waals surface area contributed by atoms with E-state index in [1.165, 1.54) is 24.8 Å². The number of phenols is 2. The van der Waals surface area contributed by atoms with Gasteiger partial charge in [0.2, 0.25) is 5.91 Å². The van der Waals surface area contributed by atoms with Gasteiger partial charge in [0, 0.05) is 5.92 Å². The summed E-state index contributed by atoms with van der Waals surface area (Å²) in [5.41, 5.74) is 3.13. The second kappa shape index (κ2) is 6.22. The van der Waals surface area contributed by atoms with Crippen molar-refractivity contribution in [2.45, 2.75) is 32.1 Å². The van der Waals surface area contributed by atoms with Gasteiger partial charge in [-0.2, -0.15) is 5.10 Å². The van der Waals surface area contributed by atoms with Gasteiger partial charge >= 0.3 is 0 Å². The van der Waals surface area contributed by atoms with Crippen molar-refractivity contribution in [3.8, 4) is 11.5 Å². The first-order chi connectivity index (χ1) is 9.16. The van der Waals surface area contributed by atoms with E-state index < -0.39 is 0 Å². The Morgan fingerprint density at radius 3 is 2.63 bits per heavy atom. The van der Waals surface area contributed by atoms with Crippen LogP contribution in [0.2, 0.25) is 0 Å². The molecule has 1 aromatic carbocycles. The smallest absolute Gasteiger partial charge is 0.243 e. The number of nitrogens with one attached hydrogen (secondary N) is 1. The van der Waals surface area contributed by atoms with Crippen LogP contribution in [-0.4, -0.2) is 22.3 Å². The van der Waals surface area contributed by atoms with Crippen LogP contribution in [0.3, 0.4) is 0 Å². The van der Waals surface area contributed by atoms with Crippen LogP contribution in [0.5, 0.6) is 11.5 Å². The van der Waals surface area contributed by atoms with Crippen molar-refractivity contribution in [2.75, 3.05) is 0 Å². The Morgan fingerprint density at radius 1 is 1.21 bits per heavy atom. The minimum atomic E-state index is -0.206. The Hall–Kier alpha value is -2.04. The van der Waals surface area contributed by atoms with E-state index in [2.05, 4.69) is 10.5 Å². The molecule has 1 fully saturated rings. The molecule has 2 rings (SSSR count). The maximum Gasteiger partial charge on any atom is 0.243 e. The van der Waals surface area contributed by atoms with Crippen LogP contribution in [0.4, 0.5) is 0 Å². The van der Waals surface area contributed by atoms with E-state index in [0.29, 0.717) is 5.56 Å². The van der Waals surface area contributed by atoms with E-state index in [-0.39, 0.29) is 23.3 Å². The summed E-state index contributed by atoms with van der Waals surface area (Å²) in [5.74, 6) is -0.357. The van der Waals surface area contributed by atoms with Gasteiger partial charge in [0.05, 0.1) is 6.21 Å². The number of hydrogen-bond acceptors (Lipinski definition) is 4. The van der Waals surface area contributed by atoms with Crippen LogP contribution < -0.4 is 5.43 Å². The topological polar surface area (TPSA) is 81.9 Å². The fourth-order valence-corrected chi connectivity index (χ4v) is 2.25. The number of rotatable bonds is 3. The van der Waals surface area contributed by atoms with Crippen LogP contribution in [0.1, 0.15) is 37.7 Å². The van der Waals surface area contributed by atoms with Gasteiger partial charge in [0.1, 0.15) is 0 Å². The number of nitrogens with zero attached hydrogens (tertiary/aromatic N) is 1. The average molecular weight is 262 g/mol. The summed E-state index contributed by atoms with van der Waals surface area (Å²) in [6.07, 6.45) is 6.73. The number of hydrogen-bond donors (Lipinski definition) is 3. The molecule has 3 N–H and O–H groups in total. The Morgan fingerprint density at radius 2 is 1.95 bits per heavy atom. The summed E-state index contributed by atoms with van der Waals surface area (Å²) in [5, 5.41) is 22.3. The quantitative estimate of drug-likeness (QED) is 0.443. The van der Waals surface area contributed by atoms with Crippen molar-refractivity contribution >= 4 is 12.1 Å². The molecule has 0 unspecified atom stereocenters. The predicted molar refractivity (Wildman–Crippen MR) is 72.1 cm³/mol. The zero-order chi connectivity index (χ0) is 13.7. The fraction of sp³-hybridized carbons (Fsp3) is 0.429. The molecule has 0 aromatic heterocycles. The van der Waals surface area contributed by atoms with Crippen molar-refractivity contribution in [1.82, 2.24) is 5.43 Å². The van der Waals surface area contributed by atoms with Gasteiger partial charge in [-0.15, -0.1) is 0 Å². The van der Waals surface area contributed by atoms with Crippen molar-refractivity contribution in [2.24, 2.45) is 11.0 Å². The summed E-state index contributed by atoms with van der Waals surface area (Å²) < 4.78 is 0. The lowest BCUT2D eigenvalue weighted by Gasteiger charge is -2.19. The number of hydrazone groups is 1. The van der Waals surface area contributed by atoms with E-state index in [9.17, 15) is 9.90 Å². The number of carbonyl (C=O) groups excluding carboxylic acids is 1. The summed E-state index contributed by atoms with van der Waals surface area (Å²) in [7, 11) is 0. The lowest BCUT2D eigenvalue weighted by molar-refractivity contribution is -0.125. The molecule has 5 heteroatoms. The molecule has 0 saturated heterocycles. The molecule has 1 aliphatic carbocycles. The standard InChI is InChI=1S/C14H18N2O3/c17-12-7-6-10(8-13(12)18)9-15-16-14(19)11-4-2-1-3-5-11/h6-9,11,17-18H,1-5H2,(H,16,19)/b15-9+. The normalized spacial score (nSPS) is 16.6. The number of benzene rings is 1. The minimum Gasteiger partial charge on any atom is -0.504 e. The number of aromatic hydroxyl groups is 2. The maximum absolute atomic E-state index is 11.8. The third kappa shape index (κ3) is 3.71. The highest BCUT2D eigenvalue weighted by atomic mass is 16.3. The molecule has 0 aliphatic heterocycles. The van der Waals surface area contributed by atoms with Crippen molar-refractivity contribution < 1.29 is 15.0 Å². The molecule has 0 heterocycles. The van der Waals surface area contributed by atoms with E-state index in [1.807, 2.05) is 0 Å². The molecule has 0 atom stereocenters. The van der Waals surface area contributed by atoms with Crippen LogP contribution in [-0.2, 0) is 4.79 Å². The second-order valence-electron chi connectivity index (χ2n) is 4.82. The average Bonchev–Trinajstić information content (AvgIpc) is 2.43. The van der Waals surface area contributed by atoms with Gasteiger partial charge < -0.3 is 10.2 Å². The van der Waals surface area contributed by atoms with Gasteiger partial charge in [-0.3, -0.25) is 4.79 Å². The highest BCUT2D eigenvalue weighted by molar-refractivity contribution is 5.84. The van der Waals surface area contributed by atoms with Gasteiger partial charge in [-0.1, -0.05) is 19.3 Å². The SMILES string of the molecule is O=C(N/N=C/c1ccc(O)c(O)c1)C1CCCCC1. The van der Waals surface area contributed by atoms with E-state index in [1.54, 1.807) is 6.07 Å². The molecule has 0 radical (unpaired) electrons. The Labute approximate surface area is 112 Å². The second-order valence-corrected chi connectivity index (χ2v) is 4.82. The molecule has 1 aromatic rings. The largest absolute Gasteiger partial charge is 0.504 e. The van der Waals surface area contributed by atoms with Gasteiger partial charge in [0.25, 0.3) is 0 Å². The number of amides is 1. The summed E-state index contributed by atoms with van der Waals surface area (Å²) in [6.45, 7) is 0. The molecule has 0 spiro atoms. The molecule has 102 valence electrons. The number of carbonyl (C=O) groups is 1. The monoisotopic (exact) mass is 262 g/mol. The molecular formula is C14H18N2O3. The van der Waals surface area contributed by atoms with E-state index in [0.717, 1.165) is 25.7 Å². The summed E-state index contributed by atoms with van der Waals surface area (Å²) >= 11 is 0. The molecule has 1 aliphatic rings. The van der Waals surface area contributed by atoms with E-state index >= 15 is 0 Å². The Balaban J connectivity index is 1.88. The van der Waals surface area contributed by atoms with Crippen LogP contribution in [0.15, 0.2) is 23.3 Å². The van der Waals surface area contributed by atoms with Crippen LogP contribution in [0, 0.1) is 5.92 Å². The van der Waals surface area contributed by atoms with Crippen molar-refractivity contribution in [3.63, 3.8) is 0 Å². The first kappa shape index (κ1) is 13.4. The highest BCUT2D eigenvalue weighted by Crippen LogP contribution is 2.24. The highest BCUT2D eigenvalue weighted by Gasteiger charge is 2.20. The van der Waals surface area contributed by atoms with Crippen molar-refractivity contribution in [1.29, 1.82) is 0 Å². The molecule has 5 nitrogen and oxygen atoms in total. The zero-order valence-electron chi connectivity index (χ0n) is 10.7. The van der Waals surface area contributed by atoms with Gasteiger partial charge in [-0.05, 0) is 36.6 Å². The van der Waals surface area contributed by atoms with Crippen LogP contribution in [0.25, 0.3) is 0 Å². The van der Waals surface area contributed by atoms with Gasteiger partial charge in [0.15, 0.2) is 11.5 Å². The lowest BCUT2D eigenvalue weighted by Crippen LogP contribution is -2.28. The third-order valence-electron chi connectivity index (χ3n) is 3.36. The summed E-state index contributed by atoms with van der Waals surface area (Å²) in [4.78, 5) is 11.8. The fourth-order valence-electron chi connectivity index (χ4n) is 2.25.